The van der Waals surface area contributed by atoms with Crippen molar-refractivity contribution in [3.8, 4) is 11.3 Å². The first-order chi connectivity index (χ1) is 11.1. The van der Waals surface area contributed by atoms with Crippen LogP contribution in [0.5, 0.6) is 0 Å². The summed E-state index contributed by atoms with van der Waals surface area (Å²) < 4.78 is 13.0. The summed E-state index contributed by atoms with van der Waals surface area (Å²) in [6.45, 7) is 1.59. The minimum Gasteiger partial charge on any atom is -0.345 e. The Morgan fingerprint density at radius 3 is 2.78 bits per heavy atom. The minimum absolute atomic E-state index is 0.0805. The number of hydrogen-bond acceptors (Lipinski definition) is 4. The van der Waals surface area contributed by atoms with Crippen LogP contribution in [-0.4, -0.2) is 42.0 Å². The van der Waals surface area contributed by atoms with Crippen LogP contribution in [0.1, 0.15) is 12.8 Å². The van der Waals surface area contributed by atoms with Gasteiger partial charge in [-0.2, -0.15) is 0 Å². The van der Waals surface area contributed by atoms with Gasteiger partial charge in [0.25, 0.3) is 0 Å². The topological polar surface area (TPSA) is 36.4 Å². The summed E-state index contributed by atoms with van der Waals surface area (Å²) >= 11 is 1.59. The van der Waals surface area contributed by atoms with E-state index in [1.54, 1.807) is 23.5 Å². The van der Waals surface area contributed by atoms with Gasteiger partial charge in [0.15, 0.2) is 5.13 Å². The number of rotatable bonds is 2. The van der Waals surface area contributed by atoms with Gasteiger partial charge in [-0.3, -0.25) is 4.79 Å². The molecule has 3 aliphatic heterocycles. The van der Waals surface area contributed by atoms with Gasteiger partial charge in [0.05, 0.1) is 11.6 Å². The Hall–Kier alpha value is -1.95. The number of anilines is 1. The van der Waals surface area contributed by atoms with Crippen molar-refractivity contribution in [2.75, 3.05) is 25.0 Å². The highest BCUT2D eigenvalue weighted by Gasteiger charge is 2.39. The Bertz CT molecular complexity index is 730. The molecule has 2 atom stereocenters. The quantitative estimate of drug-likeness (QED) is 0.849. The number of fused-ring (bicyclic) bond motifs is 4. The van der Waals surface area contributed by atoms with Gasteiger partial charge in [-0.1, -0.05) is 0 Å². The summed E-state index contributed by atoms with van der Waals surface area (Å²) in [6.07, 6.45) is 2.04. The third-order valence-corrected chi connectivity index (χ3v) is 5.77. The zero-order chi connectivity index (χ0) is 16.0. The summed E-state index contributed by atoms with van der Waals surface area (Å²) in [6, 6.07) is 6.68. The van der Waals surface area contributed by atoms with E-state index < -0.39 is 0 Å². The third-order valence-electron chi connectivity index (χ3n) is 4.87. The second-order valence-corrected chi connectivity index (χ2v) is 7.14. The fourth-order valence-corrected chi connectivity index (χ4v) is 4.33. The maximum absolute atomic E-state index is 13.0. The van der Waals surface area contributed by atoms with Crippen LogP contribution in [0.3, 0.4) is 0 Å². The maximum Gasteiger partial charge on any atom is 0.227 e. The van der Waals surface area contributed by atoms with E-state index in [4.69, 9.17) is 4.98 Å². The number of aromatic nitrogens is 1. The van der Waals surface area contributed by atoms with E-state index in [9.17, 15) is 9.18 Å². The van der Waals surface area contributed by atoms with E-state index >= 15 is 0 Å². The van der Waals surface area contributed by atoms with Crippen LogP contribution in [0, 0.1) is 11.7 Å². The van der Waals surface area contributed by atoms with Gasteiger partial charge in [0, 0.05) is 37.1 Å². The first-order valence-corrected chi connectivity index (χ1v) is 8.73. The highest BCUT2D eigenvalue weighted by molar-refractivity contribution is 7.14. The van der Waals surface area contributed by atoms with E-state index in [1.165, 1.54) is 12.1 Å². The normalized spacial score (nSPS) is 24.2. The minimum atomic E-state index is -0.241. The largest absolute Gasteiger partial charge is 0.345 e. The summed E-state index contributed by atoms with van der Waals surface area (Å²) in [5.74, 6) is 0.103. The lowest BCUT2D eigenvalue weighted by Gasteiger charge is -2.32. The lowest BCUT2D eigenvalue weighted by molar-refractivity contribution is -0.138. The van der Waals surface area contributed by atoms with Gasteiger partial charge in [-0.15, -0.1) is 11.3 Å². The Labute approximate surface area is 138 Å². The number of amides is 1. The fourth-order valence-electron chi connectivity index (χ4n) is 3.48. The van der Waals surface area contributed by atoms with Crippen molar-refractivity contribution >= 4 is 22.4 Å². The molecule has 0 unspecified atom stereocenters. The Morgan fingerprint density at radius 1 is 1.22 bits per heavy atom. The molecule has 3 aliphatic rings. The molecule has 0 N–H and O–H groups in total. The SMILES string of the molecule is CN1C(=O)[C@@H]2CC[C@H]1CN(c1nc(-c3ccc(F)cc3)cs1)C2. The molecule has 5 rings (SSSR count). The molecule has 4 heterocycles. The molecule has 0 radical (unpaired) electrons. The predicted molar refractivity (Wildman–Crippen MR) is 89.0 cm³/mol. The second-order valence-electron chi connectivity index (χ2n) is 6.30. The smallest absolute Gasteiger partial charge is 0.227 e. The molecule has 0 spiro atoms. The Morgan fingerprint density at radius 2 is 2.00 bits per heavy atom. The zero-order valence-electron chi connectivity index (χ0n) is 12.9. The van der Waals surface area contributed by atoms with Gasteiger partial charge in [0.1, 0.15) is 5.82 Å². The molecule has 3 fully saturated rings. The van der Waals surface area contributed by atoms with Gasteiger partial charge in [0.2, 0.25) is 5.91 Å². The second kappa shape index (κ2) is 5.60. The van der Waals surface area contributed by atoms with Crippen LogP contribution in [0.2, 0.25) is 0 Å². The number of hydrogen-bond donors (Lipinski definition) is 0. The van der Waals surface area contributed by atoms with E-state index in [0.29, 0.717) is 0 Å². The number of benzene rings is 1. The van der Waals surface area contributed by atoms with Gasteiger partial charge < -0.3 is 9.80 Å². The van der Waals surface area contributed by atoms with Gasteiger partial charge in [-0.05, 0) is 37.1 Å². The molecule has 6 heteroatoms. The van der Waals surface area contributed by atoms with Crippen molar-refractivity contribution in [3.63, 3.8) is 0 Å². The molecule has 23 heavy (non-hydrogen) atoms. The number of thiazole rings is 1. The van der Waals surface area contributed by atoms with Crippen molar-refractivity contribution in [2.24, 2.45) is 5.92 Å². The monoisotopic (exact) mass is 331 g/mol. The van der Waals surface area contributed by atoms with Crippen LogP contribution in [0.25, 0.3) is 11.3 Å². The van der Waals surface area contributed by atoms with Crippen LogP contribution >= 0.6 is 11.3 Å². The standard InChI is InChI=1S/C17H18FN3OS/c1-20-14-7-4-12(16(20)22)8-21(9-14)17-19-15(10-23-17)11-2-5-13(18)6-3-11/h2-3,5-6,10,12,14H,4,7-9H2,1H3/t12-,14+/m1/s1. The van der Waals surface area contributed by atoms with Crippen molar-refractivity contribution in [1.82, 2.24) is 9.88 Å². The molecule has 2 aromatic rings. The van der Waals surface area contributed by atoms with E-state index in [1.807, 2.05) is 17.3 Å². The molecule has 120 valence electrons. The number of halogens is 1. The van der Waals surface area contributed by atoms with E-state index in [-0.39, 0.29) is 23.7 Å². The molecular weight excluding hydrogens is 313 g/mol. The molecule has 1 aromatic carbocycles. The molecule has 1 amide bonds. The first-order valence-electron chi connectivity index (χ1n) is 7.85. The predicted octanol–water partition coefficient (Wildman–Crippen LogP) is 3.01. The van der Waals surface area contributed by atoms with Crippen molar-refractivity contribution in [3.05, 3.63) is 35.5 Å². The average Bonchev–Trinajstić information content (AvgIpc) is 2.89. The molecule has 0 saturated carbocycles. The van der Waals surface area contributed by atoms with Crippen LogP contribution in [0.15, 0.2) is 29.6 Å². The molecular formula is C17H18FN3OS. The van der Waals surface area contributed by atoms with Crippen LogP contribution in [-0.2, 0) is 4.79 Å². The molecule has 1 aromatic heterocycles. The lowest BCUT2D eigenvalue weighted by Crippen LogP contribution is -2.45. The van der Waals surface area contributed by atoms with Crippen LogP contribution < -0.4 is 4.90 Å². The summed E-state index contributed by atoms with van der Waals surface area (Å²) in [5, 5.41) is 2.95. The average molecular weight is 331 g/mol. The van der Waals surface area contributed by atoms with Gasteiger partial charge >= 0.3 is 0 Å². The van der Waals surface area contributed by atoms with Gasteiger partial charge in [-0.25, -0.2) is 9.37 Å². The molecule has 2 bridgehead atoms. The molecule has 3 saturated heterocycles. The summed E-state index contributed by atoms with van der Waals surface area (Å²) in [5.41, 5.74) is 1.78. The summed E-state index contributed by atoms with van der Waals surface area (Å²) in [4.78, 5) is 21.1. The Balaban J connectivity index is 1.59. The number of carbonyl (C=O) groups excluding carboxylic acids is 1. The number of piperidine rings is 1. The zero-order valence-corrected chi connectivity index (χ0v) is 13.7. The number of carbonyl (C=O) groups is 1. The van der Waals surface area contributed by atoms with Crippen molar-refractivity contribution in [1.29, 1.82) is 0 Å². The first kappa shape index (κ1) is 14.6. The third kappa shape index (κ3) is 2.61. The lowest BCUT2D eigenvalue weighted by atomic mass is 9.95. The van der Waals surface area contributed by atoms with Crippen molar-refractivity contribution in [2.45, 2.75) is 18.9 Å². The highest BCUT2D eigenvalue weighted by Crippen LogP contribution is 2.34. The molecule has 0 aliphatic carbocycles. The fraction of sp³-hybridized carbons (Fsp3) is 0.412. The Kier molecular flexibility index (Phi) is 3.56. The highest BCUT2D eigenvalue weighted by atomic mass is 32.1. The van der Waals surface area contributed by atoms with Crippen molar-refractivity contribution < 1.29 is 9.18 Å². The summed E-state index contributed by atoms with van der Waals surface area (Å²) in [7, 11) is 1.91. The number of likely N-dealkylation sites (N-methyl/N-ethyl adjacent to an activating group) is 1. The molecule has 4 nitrogen and oxygen atoms in total. The maximum atomic E-state index is 13.0. The van der Waals surface area contributed by atoms with Crippen LogP contribution in [0.4, 0.5) is 9.52 Å². The number of nitrogens with zero attached hydrogens (tertiary/aromatic N) is 3. The van der Waals surface area contributed by atoms with E-state index in [0.717, 1.165) is 42.3 Å². The van der Waals surface area contributed by atoms with E-state index in [2.05, 4.69) is 4.90 Å².